The van der Waals surface area contributed by atoms with Crippen LogP contribution in [-0.2, 0) is 4.79 Å². The Morgan fingerprint density at radius 2 is 1.62 bits per heavy atom. The zero-order valence-corrected chi connectivity index (χ0v) is 14.6. The van der Waals surface area contributed by atoms with Gasteiger partial charge in [0.15, 0.2) is 5.11 Å². The lowest BCUT2D eigenvalue weighted by Crippen LogP contribution is -2.57. The highest BCUT2D eigenvalue weighted by Gasteiger charge is 2.48. The largest absolute Gasteiger partial charge is 0.359 e. The standard InChI is InChI=1S/C20H24N2OS/c23-18(7-6-13-4-2-1-3-5-13)21-20(24)22-19-16-9-14-8-15(11-16)12-17(19)10-14/h1-7,14-17,19H,8-12H2,(H2,21,22,23,24)/b7-6+. The highest BCUT2D eigenvalue weighted by atomic mass is 32.1. The minimum atomic E-state index is -0.167. The number of amides is 1. The second-order valence-corrected chi connectivity index (χ2v) is 8.07. The van der Waals surface area contributed by atoms with Crippen LogP contribution in [0.25, 0.3) is 6.08 Å². The van der Waals surface area contributed by atoms with E-state index >= 15 is 0 Å². The molecule has 24 heavy (non-hydrogen) atoms. The van der Waals surface area contributed by atoms with Gasteiger partial charge in [-0.1, -0.05) is 30.3 Å². The van der Waals surface area contributed by atoms with E-state index < -0.39 is 0 Å². The van der Waals surface area contributed by atoms with Crippen LogP contribution < -0.4 is 10.6 Å². The Hall–Kier alpha value is -1.68. The molecule has 0 atom stereocenters. The van der Waals surface area contributed by atoms with Gasteiger partial charge in [0, 0.05) is 12.1 Å². The number of rotatable bonds is 3. The van der Waals surface area contributed by atoms with Crippen LogP contribution in [0.5, 0.6) is 0 Å². The molecule has 4 saturated carbocycles. The van der Waals surface area contributed by atoms with E-state index in [9.17, 15) is 4.79 Å². The van der Waals surface area contributed by atoms with Crippen molar-refractivity contribution in [2.75, 3.05) is 0 Å². The third-order valence-corrected chi connectivity index (χ3v) is 6.21. The van der Waals surface area contributed by atoms with Crippen molar-refractivity contribution in [3.05, 3.63) is 42.0 Å². The monoisotopic (exact) mass is 340 g/mol. The molecule has 0 aliphatic heterocycles. The first-order valence-corrected chi connectivity index (χ1v) is 9.43. The normalized spacial score (nSPS) is 33.6. The number of carbonyl (C=O) groups is 1. The van der Waals surface area contributed by atoms with Crippen LogP contribution in [0.3, 0.4) is 0 Å². The lowest BCUT2D eigenvalue weighted by atomic mass is 9.54. The maximum absolute atomic E-state index is 12.0. The van der Waals surface area contributed by atoms with E-state index in [2.05, 4.69) is 10.6 Å². The zero-order chi connectivity index (χ0) is 16.5. The molecule has 2 N–H and O–H groups in total. The fourth-order valence-electron chi connectivity index (χ4n) is 5.24. The zero-order valence-electron chi connectivity index (χ0n) is 13.8. The summed E-state index contributed by atoms with van der Waals surface area (Å²) in [6, 6.07) is 10.3. The summed E-state index contributed by atoms with van der Waals surface area (Å²) in [5.74, 6) is 3.22. The molecule has 0 unspecified atom stereocenters. The Balaban J connectivity index is 1.30. The van der Waals surface area contributed by atoms with Crippen molar-refractivity contribution in [2.24, 2.45) is 23.7 Å². The summed E-state index contributed by atoms with van der Waals surface area (Å²) in [6.07, 6.45) is 10.2. The van der Waals surface area contributed by atoms with Crippen molar-refractivity contribution < 1.29 is 4.79 Å². The summed E-state index contributed by atoms with van der Waals surface area (Å²) in [5, 5.41) is 6.74. The number of nitrogens with one attached hydrogen (secondary N) is 2. The van der Waals surface area contributed by atoms with Crippen LogP contribution in [-0.4, -0.2) is 17.1 Å². The molecule has 126 valence electrons. The highest BCUT2D eigenvalue weighted by Crippen LogP contribution is 2.53. The quantitative estimate of drug-likeness (QED) is 0.653. The molecule has 4 heteroatoms. The number of hydrogen-bond donors (Lipinski definition) is 2. The summed E-state index contributed by atoms with van der Waals surface area (Å²) in [4.78, 5) is 12.0. The minimum absolute atomic E-state index is 0.167. The van der Waals surface area contributed by atoms with Gasteiger partial charge in [-0.2, -0.15) is 0 Å². The molecule has 1 aromatic rings. The van der Waals surface area contributed by atoms with Gasteiger partial charge in [-0.05, 0) is 79.6 Å². The smallest absolute Gasteiger partial charge is 0.250 e. The molecule has 4 aliphatic rings. The molecule has 4 fully saturated rings. The summed E-state index contributed by atoms with van der Waals surface area (Å²) >= 11 is 5.38. The highest BCUT2D eigenvalue weighted by molar-refractivity contribution is 7.80. The number of carbonyl (C=O) groups excluding carboxylic acids is 1. The van der Waals surface area contributed by atoms with Gasteiger partial charge in [-0.25, -0.2) is 0 Å². The van der Waals surface area contributed by atoms with Crippen LogP contribution in [0.1, 0.15) is 37.7 Å². The predicted octanol–water partition coefficient (Wildman–Crippen LogP) is 3.52. The second kappa shape index (κ2) is 6.67. The van der Waals surface area contributed by atoms with Crippen LogP contribution in [0, 0.1) is 23.7 Å². The van der Waals surface area contributed by atoms with Gasteiger partial charge in [0.25, 0.3) is 0 Å². The molecule has 5 rings (SSSR count). The number of hydrogen-bond acceptors (Lipinski definition) is 2. The Kier molecular flexibility index (Phi) is 4.40. The van der Waals surface area contributed by atoms with Gasteiger partial charge in [-0.3, -0.25) is 10.1 Å². The first-order valence-electron chi connectivity index (χ1n) is 9.02. The van der Waals surface area contributed by atoms with Gasteiger partial charge in [0.2, 0.25) is 5.91 Å². The van der Waals surface area contributed by atoms with Crippen LogP contribution in [0.2, 0.25) is 0 Å². The third kappa shape index (κ3) is 3.39. The molecule has 0 heterocycles. The number of benzene rings is 1. The minimum Gasteiger partial charge on any atom is -0.359 e. The molecule has 4 bridgehead atoms. The van der Waals surface area contributed by atoms with E-state index in [0.717, 1.165) is 29.2 Å². The molecule has 0 aromatic heterocycles. The lowest BCUT2D eigenvalue weighted by molar-refractivity contribution is -0.115. The predicted molar refractivity (Wildman–Crippen MR) is 100 cm³/mol. The van der Waals surface area contributed by atoms with E-state index in [1.165, 1.54) is 32.1 Å². The molecule has 0 saturated heterocycles. The SMILES string of the molecule is O=C(/C=C/c1ccccc1)NC(=S)NC1C2CC3CC(C2)CC1C3. The average molecular weight is 340 g/mol. The van der Waals surface area contributed by atoms with E-state index in [0.29, 0.717) is 11.2 Å². The Morgan fingerprint density at radius 3 is 2.25 bits per heavy atom. The molecular weight excluding hydrogens is 316 g/mol. The van der Waals surface area contributed by atoms with Crippen molar-refractivity contribution in [2.45, 2.75) is 38.1 Å². The van der Waals surface area contributed by atoms with Crippen molar-refractivity contribution >= 4 is 29.3 Å². The summed E-state index contributed by atoms with van der Waals surface area (Å²) in [7, 11) is 0. The maximum Gasteiger partial charge on any atom is 0.250 e. The summed E-state index contributed by atoms with van der Waals surface area (Å²) < 4.78 is 0. The van der Waals surface area contributed by atoms with E-state index in [4.69, 9.17) is 12.2 Å². The molecule has 3 nitrogen and oxygen atoms in total. The maximum atomic E-state index is 12.0. The van der Waals surface area contributed by atoms with Crippen LogP contribution in [0.4, 0.5) is 0 Å². The van der Waals surface area contributed by atoms with E-state index in [1.54, 1.807) is 12.2 Å². The number of thiocarbonyl (C=S) groups is 1. The fourth-order valence-corrected chi connectivity index (χ4v) is 5.47. The van der Waals surface area contributed by atoms with Gasteiger partial charge < -0.3 is 5.32 Å². The topological polar surface area (TPSA) is 41.1 Å². The van der Waals surface area contributed by atoms with E-state index in [-0.39, 0.29) is 5.91 Å². The molecule has 0 radical (unpaired) electrons. The second-order valence-electron chi connectivity index (χ2n) is 7.66. The molecular formula is C20H24N2OS. The Labute approximate surface area is 148 Å². The van der Waals surface area contributed by atoms with Gasteiger partial charge in [0.05, 0.1) is 0 Å². The molecule has 1 aromatic carbocycles. The average Bonchev–Trinajstić information content (AvgIpc) is 2.56. The van der Waals surface area contributed by atoms with Gasteiger partial charge in [0.1, 0.15) is 0 Å². The third-order valence-electron chi connectivity index (χ3n) is 5.99. The first kappa shape index (κ1) is 15.8. The molecule has 1 amide bonds. The van der Waals surface area contributed by atoms with Gasteiger partial charge in [-0.15, -0.1) is 0 Å². The Bertz CT molecular complexity index is 627. The summed E-state index contributed by atoms with van der Waals surface area (Å²) in [6.45, 7) is 0. The fraction of sp³-hybridized carbons (Fsp3) is 0.500. The van der Waals surface area contributed by atoms with Crippen LogP contribution >= 0.6 is 12.2 Å². The van der Waals surface area contributed by atoms with Crippen LogP contribution in [0.15, 0.2) is 36.4 Å². The molecule has 0 spiro atoms. The molecule has 4 aliphatic carbocycles. The van der Waals surface area contributed by atoms with Crippen molar-refractivity contribution in [1.82, 2.24) is 10.6 Å². The van der Waals surface area contributed by atoms with Crippen molar-refractivity contribution in [3.63, 3.8) is 0 Å². The van der Waals surface area contributed by atoms with Gasteiger partial charge >= 0.3 is 0 Å². The van der Waals surface area contributed by atoms with E-state index in [1.807, 2.05) is 30.3 Å². The van der Waals surface area contributed by atoms with Crippen molar-refractivity contribution in [1.29, 1.82) is 0 Å². The first-order chi connectivity index (χ1) is 11.7. The van der Waals surface area contributed by atoms with Crippen molar-refractivity contribution in [3.8, 4) is 0 Å². The summed E-state index contributed by atoms with van der Waals surface area (Å²) in [5.41, 5.74) is 1.01. The lowest BCUT2D eigenvalue weighted by Gasteiger charge is -2.54. The Morgan fingerprint density at radius 1 is 1.00 bits per heavy atom.